The van der Waals surface area contributed by atoms with Crippen LogP contribution in [0.15, 0.2) is 12.1 Å². The Bertz CT molecular complexity index is 425. The first kappa shape index (κ1) is 15.2. The first-order valence-corrected chi connectivity index (χ1v) is 6.33. The van der Waals surface area contributed by atoms with Gasteiger partial charge >= 0.3 is 0 Å². The molecule has 1 aromatic rings. The topological polar surface area (TPSA) is 51.2 Å². The Kier molecular flexibility index (Phi) is 5.85. The number of rotatable bonds is 5. The molecule has 0 spiro atoms. The number of pyridine rings is 1. The summed E-state index contributed by atoms with van der Waals surface area (Å²) in [4.78, 5) is 16.0. The lowest BCUT2D eigenvalue weighted by molar-refractivity contribution is 0.0862. The first-order valence-electron chi connectivity index (χ1n) is 5.57. The van der Waals surface area contributed by atoms with Crippen LogP contribution in [0.4, 0.5) is 0 Å². The minimum absolute atomic E-state index is 0.0978. The maximum atomic E-state index is 12.0. The van der Waals surface area contributed by atoms with Crippen LogP contribution in [0.2, 0.25) is 10.2 Å². The minimum Gasteiger partial charge on any atom is -0.383 e. The lowest BCUT2D eigenvalue weighted by Crippen LogP contribution is -2.42. The van der Waals surface area contributed by atoms with Gasteiger partial charge in [-0.1, -0.05) is 37.0 Å². The second-order valence-electron chi connectivity index (χ2n) is 4.24. The van der Waals surface area contributed by atoms with Gasteiger partial charge in [0, 0.05) is 7.11 Å². The summed E-state index contributed by atoms with van der Waals surface area (Å²) in [7, 11) is 1.59. The molecule has 1 amide bonds. The van der Waals surface area contributed by atoms with Crippen molar-refractivity contribution in [2.24, 2.45) is 5.92 Å². The molecular formula is C12H16Cl2N2O2. The van der Waals surface area contributed by atoms with Crippen molar-refractivity contribution in [3.63, 3.8) is 0 Å². The number of carbonyl (C=O) groups excluding carboxylic acids is 1. The number of halogens is 2. The van der Waals surface area contributed by atoms with Crippen LogP contribution in [-0.4, -0.2) is 30.6 Å². The largest absolute Gasteiger partial charge is 0.383 e. The number of aromatic nitrogens is 1. The molecule has 0 fully saturated rings. The highest BCUT2D eigenvalue weighted by Gasteiger charge is 2.19. The van der Waals surface area contributed by atoms with Crippen LogP contribution < -0.4 is 5.32 Å². The summed E-state index contributed by atoms with van der Waals surface area (Å²) in [6.45, 7) is 4.43. The number of nitrogens with one attached hydrogen (secondary N) is 1. The van der Waals surface area contributed by atoms with Gasteiger partial charge in [-0.05, 0) is 18.1 Å². The van der Waals surface area contributed by atoms with Gasteiger partial charge in [0.05, 0.1) is 17.7 Å². The zero-order chi connectivity index (χ0) is 13.7. The predicted molar refractivity (Wildman–Crippen MR) is 72.2 cm³/mol. The molecule has 0 saturated carbocycles. The summed E-state index contributed by atoms with van der Waals surface area (Å²) >= 11 is 11.7. The van der Waals surface area contributed by atoms with Crippen molar-refractivity contribution in [2.45, 2.75) is 19.9 Å². The lowest BCUT2D eigenvalue weighted by atomic mass is 10.1. The molecule has 1 N–H and O–H groups in total. The molecule has 0 aliphatic rings. The molecule has 6 heteroatoms. The fourth-order valence-electron chi connectivity index (χ4n) is 1.39. The van der Waals surface area contributed by atoms with E-state index in [2.05, 4.69) is 10.3 Å². The Hall–Kier alpha value is -0.840. The number of hydrogen-bond donors (Lipinski definition) is 1. The van der Waals surface area contributed by atoms with Crippen LogP contribution in [0.1, 0.15) is 24.3 Å². The van der Waals surface area contributed by atoms with Gasteiger partial charge in [-0.3, -0.25) is 4.79 Å². The molecule has 1 rings (SSSR count). The Morgan fingerprint density at radius 1 is 1.44 bits per heavy atom. The third-order valence-electron chi connectivity index (χ3n) is 2.49. The number of methoxy groups -OCH3 is 1. The van der Waals surface area contributed by atoms with Crippen LogP contribution in [0.5, 0.6) is 0 Å². The molecule has 18 heavy (non-hydrogen) atoms. The van der Waals surface area contributed by atoms with Crippen molar-refractivity contribution < 1.29 is 9.53 Å². The van der Waals surface area contributed by atoms with E-state index < -0.39 is 0 Å². The quantitative estimate of drug-likeness (QED) is 0.849. The van der Waals surface area contributed by atoms with Crippen LogP contribution in [0, 0.1) is 5.92 Å². The highest BCUT2D eigenvalue weighted by molar-refractivity contribution is 6.34. The summed E-state index contributed by atoms with van der Waals surface area (Å²) in [6, 6.07) is 2.99. The monoisotopic (exact) mass is 290 g/mol. The van der Waals surface area contributed by atoms with Gasteiger partial charge in [-0.15, -0.1) is 0 Å². The van der Waals surface area contributed by atoms with Crippen molar-refractivity contribution in [1.82, 2.24) is 10.3 Å². The Morgan fingerprint density at radius 2 is 2.11 bits per heavy atom. The van der Waals surface area contributed by atoms with E-state index in [4.69, 9.17) is 27.9 Å². The van der Waals surface area contributed by atoms with Crippen molar-refractivity contribution >= 4 is 29.1 Å². The third kappa shape index (κ3) is 4.12. The summed E-state index contributed by atoms with van der Waals surface area (Å²) in [5, 5.41) is 3.34. The zero-order valence-electron chi connectivity index (χ0n) is 10.5. The Labute approximate surface area is 117 Å². The second kappa shape index (κ2) is 6.92. The maximum Gasteiger partial charge on any atom is 0.271 e. The van der Waals surface area contributed by atoms with Gasteiger partial charge in [-0.2, -0.15) is 0 Å². The minimum atomic E-state index is -0.349. The summed E-state index contributed by atoms with van der Waals surface area (Å²) in [5.74, 6) is -0.106. The molecule has 4 nitrogen and oxygen atoms in total. The van der Waals surface area contributed by atoms with Gasteiger partial charge < -0.3 is 10.1 Å². The molecule has 1 aromatic heterocycles. The van der Waals surface area contributed by atoms with Crippen LogP contribution in [0.25, 0.3) is 0 Å². The molecule has 0 aromatic carbocycles. The van der Waals surface area contributed by atoms with Crippen molar-refractivity contribution in [1.29, 1.82) is 0 Å². The fourth-order valence-corrected chi connectivity index (χ4v) is 1.73. The zero-order valence-corrected chi connectivity index (χ0v) is 12.0. The molecule has 1 heterocycles. The molecule has 0 aliphatic carbocycles. The van der Waals surface area contributed by atoms with E-state index in [1.54, 1.807) is 13.2 Å². The lowest BCUT2D eigenvalue weighted by Gasteiger charge is -2.21. The fraction of sp³-hybridized carbons (Fsp3) is 0.500. The Morgan fingerprint density at radius 3 is 2.67 bits per heavy atom. The van der Waals surface area contributed by atoms with Gasteiger partial charge in [-0.25, -0.2) is 4.98 Å². The highest BCUT2D eigenvalue weighted by atomic mass is 35.5. The van der Waals surface area contributed by atoms with Crippen molar-refractivity contribution in [3.8, 4) is 0 Å². The molecule has 1 atom stereocenters. The Balaban J connectivity index is 2.83. The maximum absolute atomic E-state index is 12.0. The summed E-state index contributed by atoms with van der Waals surface area (Å²) in [6.07, 6.45) is 0. The molecule has 1 unspecified atom stereocenters. The van der Waals surface area contributed by atoms with E-state index in [1.165, 1.54) is 6.07 Å². The smallest absolute Gasteiger partial charge is 0.271 e. The van der Waals surface area contributed by atoms with Gasteiger partial charge in [0.15, 0.2) is 0 Å². The summed E-state index contributed by atoms with van der Waals surface area (Å²) < 4.78 is 5.06. The molecule has 100 valence electrons. The number of nitrogens with zero attached hydrogens (tertiary/aromatic N) is 1. The van der Waals surface area contributed by atoms with Crippen LogP contribution in [0.3, 0.4) is 0 Å². The number of hydrogen-bond acceptors (Lipinski definition) is 3. The average Bonchev–Trinajstić information content (AvgIpc) is 2.31. The standard InChI is InChI=1S/C12H16Cl2N2O2/c1-7(2)9(6-18-3)15-12(17)11-8(13)4-5-10(14)16-11/h4-5,7,9H,6H2,1-3H3,(H,15,17). The third-order valence-corrected chi connectivity index (χ3v) is 3.01. The van der Waals surface area contributed by atoms with E-state index in [0.29, 0.717) is 6.61 Å². The van der Waals surface area contributed by atoms with Crippen LogP contribution >= 0.6 is 23.2 Å². The van der Waals surface area contributed by atoms with Crippen molar-refractivity contribution in [2.75, 3.05) is 13.7 Å². The number of carbonyl (C=O) groups is 1. The van der Waals surface area contributed by atoms with Gasteiger partial charge in [0.25, 0.3) is 5.91 Å². The van der Waals surface area contributed by atoms with Gasteiger partial charge in [0.2, 0.25) is 0 Å². The highest BCUT2D eigenvalue weighted by Crippen LogP contribution is 2.17. The van der Waals surface area contributed by atoms with E-state index in [1.807, 2.05) is 13.8 Å². The first-order chi connectivity index (χ1) is 8.45. The molecule has 0 bridgehead atoms. The van der Waals surface area contributed by atoms with E-state index >= 15 is 0 Å². The number of ether oxygens (including phenoxy) is 1. The van der Waals surface area contributed by atoms with Crippen LogP contribution in [-0.2, 0) is 4.74 Å². The SMILES string of the molecule is COCC(NC(=O)c1nc(Cl)ccc1Cl)C(C)C. The van der Waals surface area contributed by atoms with Gasteiger partial charge in [0.1, 0.15) is 10.8 Å². The second-order valence-corrected chi connectivity index (χ2v) is 5.04. The molecule has 0 radical (unpaired) electrons. The van der Waals surface area contributed by atoms with E-state index in [9.17, 15) is 4.79 Å². The molecule has 0 saturated heterocycles. The molecule has 0 aliphatic heterocycles. The number of amides is 1. The van der Waals surface area contributed by atoms with E-state index in [-0.39, 0.29) is 33.7 Å². The normalized spacial score (nSPS) is 12.6. The molecular weight excluding hydrogens is 275 g/mol. The van der Waals surface area contributed by atoms with Crippen molar-refractivity contribution in [3.05, 3.63) is 28.0 Å². The van der Waals surface area contributed by atoms with E-state index in [0.717, 1.165) is 0 Å². The predicted octanol–water partition coefficient (Wildman–Crippen LogP) is 2.79. The average molecular weight is 291 g/mol. The summed E-state index contributed by atoms with van der Waals surface area (Å²) in [5.41, 5.74) is 0.130.